The maximum absolute atomic E-state index is 11.0. The van der Waals surface area contributed by atoms with Crippen LogP contribution >= 0.6 is 11.8 Å². The molecule has 0 fully saturated rings. The van der Waals surface area contributed by atoms with Gasteiger partial charge in [-0.05, 0) is 12.1 Å². The van der Waals surface area contributed by atoms with Gasteiger partial charge in [0, 0.05) is 17.4 Å². The Morgan fingerprint density at radius 2 is 2.05 bits per heavy atom. The van der Waals surface area contributed by atoms with E-state index in [2.05, 4.69) is 0 Å². The summed E-state index contributed by atoms with van der Waals surface area (Å²) in [4.78, 5) is 21.3. The van der Waals surface area contributed by atoms with Crippen molar-refractivity contribution in [1.82, 2.24) is 0 Å². The van der Waals surface area contributed by atoms with Crippen LogP contribution in [0.5, 0.6) is 0 Å². The highest BCUT2D eigenvalue weighted by atomic mass is 32.2. The van der Waals surface area contributed by atoms with Gasteiger partial charge in [-0.25, -0.2) is 13.6 Å². The molecule has 4 N–H and O–H groups in total. The van der Waals surface area contributed by atoms with E-state index in [0.717, 1.165) is 17.8 Å². The van der Waals surface area contributed by atoms with Crippen LogP contribution < -0.4 is 10.9 Å². The van der Waals surface area contributed by atoms with Crippen molar-refractivity contribution in [2.45, 2.75) is 4.90 Å². The summed E-state index contributed by atoms with van der Waals surface area (Å²) < 4.78 is 21.5. The molecule has 1 aromatic rings. The lowest BCUT2D eigenvalue weighted by molar-refractivity contribution is -0.387. The number of rotatable bonds is 6. The number of hydrogen-bond acceptors (Lipinski definition) is 6. The summed E-state index contributed by atoms with van der Waals surface area (Å²) in [5.41, 5.74) is 4.97. The lowest BCUT2D eigenvalue weighted by Crippen LogP contribution is -2.18. The molecule has 0 radical (unpaired) electrons. The monoisotopic (exact) mass is 305 g/mol. The van der Waals surface area contributed by atoms with Crippen molar-refractivity contribution in [3.63, 3.8) is 0 Å². The minimum Gasteiger partial charge on any atom is -0.366 e. The third-order valence-corrected chi connectivity index (χ3v) is 4.14. The van der Waals surface area contributed by atoms with Gasteiger partial charge >= 0.3 is 0 Å². The van der Waals surface area contributed by atoms with Crippen LogP contribution in [-0.2, 0) is 10.0 Å². The van der Waals surface area contributed by atoms with E-state index in [1.807, 2.05) is 0 Å². The minimum absolute atomic E-state index is 0.0435. The Morgan fingerprint density at radius 3 is 2.53 bits per heavy atom. The standard InChI is InChI=1S/C9H11N3O5S2/c10-9(13)6-1-2-7(12(14)15)8(5-6)18-3-4-19(11,16)17/h1-2,5H,3-4H2,(H2,10,13)(H2,11,16,17). The molecule has 0 aliphatic heterocycles. The molecule has 0 saturated heterocycles. The van der Waals surface area contributed by atoms with Crippen molar-refractivity contribution in [3.8, 4) is 0 Å². The number of nitro benzene ring substituents is 1. The van der Waals surface area contributed by atoms with E-state index in [-0.39, 0.29) is 27.7 Å². The number of thioether (sulfide) groups is 1. The average molecular weight is 305 g/mol. The van der Waals surface area contributed by atoms with Gasteiger partial charge in [-0.3, -0.25) is 14.9 Å². The largest absolute Gasteiger partial charge is 0.366 e. The van der Waals surface area contributed by atoms with Gasteiger partial charge in [0.05, 0.1) is 15.6 Å². The van der Waals surface area contributed by atoms with E-state index < -0.39 is 20.9 Å². The molecule has 0 heterocycles. The van der Waals surface area contributed by atoms with E-state index >= 15 is 0 Å². The summed E-state index contributed by atoms with van der Waals surface area (Å²) in [6.45, 7) is 0. The molecule has 0 aliphatic carbocycles. The van der Waals surface area contributed by atoms with Crippen molar-refractivity contribution >= 4 is 33.4 Å². The molecule has 0 saturated carbocycles. The fraction of sp³-hybridized carbons (Fsp3) is 0.222. The number of nitrogens with two attached hydrogens (primary N) is 2. The number of nitrogens with zero attached hydrogens (tertiary/aromatic N) is 1. The van der Waals surface area contributed by atoms with Crippen molar-refractivity contribution in [1.29, 1.82) is 0 Å². The highest BCUT2D eigenvalue weighted by Gasteiger charge is 2.17. The molecule has 0 atom stereocenters. The Labute approximate surface area is 113 Å². The van der Waals surface area contributed by atoms with Gasteiger partial charge in [-0.2, -0.15) is 0 Å². The molecule has 10 heteroatoms. The minimum atomic E-state index is -3.64. The van der Waals surface area contributed by atoms with E-state index in [0.29, 0.717) is 0 Å². The smallest absolute Gasteiger partial charge is 0.282 e. The summed E-state index contributed by atoms with van der Waals surface area (Å²) in [6, 6.07) is 3.65. The normalized spacial score (nSPS) is 11.2. The zero-order valence-electron chi connectivity index (χ0n) is 9.61. The Balaban J connectivity index is 2.98. The molecule has 8 nitrogen and oxygen atoms in total. The van der Waals surface area contributed by atoms with Crippen molar-refractivity contribution in [3.05, 3.63) is 33.9 Å². The molecule has 0 unspecified atom stereocenters. The fourth-order valence-corrected chi connectivity index (χ4v) is 3.18. The first-order chi connectivity index (χ1) is 8.70. The third-order valence-electron chi connectivity index (χ3n) is 2.07. The molecular formula is C9H11N3O5S2. The molecule has 0 aromatic heterocycles. The fourth-order valence-electron chi connectivity index (χ4n) is 1.20. The summed E-state index contributed by atoms with van der Waals surface area (Å²) in [7, 11) is -3.64. The number of benzene rings is 1. The number of primary sulfonamides is 1. The highest BCUT2D eigenvalue weighted by molar-refractivity contribution is 8.00. The van der Waals surface area contributed by atoms with E-state index in [9.17, 15) is 23.3 Å². The van der Waals surface area contributed by atoms with Crippen LogP contribution in [0.4, 0.5) is 5.69 Å². The van der Waals surface area contributed by atoms with Gasteiger partial charge in [0.25, 0.3) is 5.69 Å². The van der Waals surface area contributed by atoms with Crippen LogP contribution in [0.25, 0.3) is 0 Å². The Morgan fingerprint density at radius 1 is 1.42 bits per heavy atom. The number of carbonyl (C=O) groups is 1. The maximum atomic E-state index is 11.0. The second kappa shape index (κ2) is 5.99. The predicted molar refractivity (Wildman–Crippen MR) is 70.3 cm³/mol. The molecule has 0 aliphatic rings. The van der Waals surface area contributed by atoms with Crippen molar-refractivity contribution < 1.29 is 18.1 Å². The van der Waals surface area contributed by atoms with E-state index in [1.165, 1.54) is 12.1 Å². The van der Waals surface area contributed by atoms with Gasteiger partial charge < -0.3 is 5.73 Å². The topological polar surface area (TPSA) is 146 Å². The van der Waals surface area contributed by atoms with Crippen molar-refractivity contribution in [2.75, 3.05) is 11.5 Å². The average Bonchev–Trinajstić information content (AvgIpc) is 2.26. The number of amides is 1. The van der Waals surface area contributed by atoms with Crippen LogP contribution in [-0.4, -0.2) is 30.8 Å². The van der Waals surface area contributed by atoms with Gasteiger partial charge in [0.2, 0.25) is 15.9 Å². The first-order valence-corrected chi connectivity index (χ1v) is 7.62. The zero-order valence-corrected chi connectivity index (χ0v) is 11.2. The molecule has 1 amide bonds. The first kappa shape index (κ1) is 15.4. The lowest BCUT2D eigenvalue weighted by Gasteiger charge is -2.04. The summed E-state index contributed by atoms with van der Waals surface area (Å²) in [5.74, 6) is -1.000. The number of carbonyl (C=O) groups excluding carboxylic acids is 1. The quantitative estimate of drug-likeness (QED) is 0.432. The Kier molecular flexibility index (Phi) is 4.86. The molecule has 19 heavy (non-hydrogen) atoms. The van der Waals surface area contributed by atoms with Gasteiger partial charge in [-0.15, -0.1) is 11.8 Å². The van der Waals surface area contributed by atoms with E-state index in [4.69, 9.17) is 10.9 Å². The molecule has 1 aromatic carbocycles. The second-order valence-corrected chi connectivity index (χ2v) is 6.39. The first-order valence-electron chi connectivity index (χ1n) is 4.92. The van der Waals surface area contributed by atoms with Crippen LogP contribution in [0.3, 0.4) is 0 Å². The zero-order chi connectivity index (χ0) is 14.6. The predicted octanol–water partition coefficient (Wildman–Crippen LogP) is 0.0743. The number of primary amides is 1. The van der Waals surface area contributed by atoms with Crippen molar-refractivity contribution in [2.24, 2.45) is 10.9 Å². The third kappa shape index (κ3) is 4.85. The van der Waals surface area contributed by atoms with Gasteiger partial charge in [-0.1, -0.05) is 0 Å². The SMILES string of the molecule is NC(=O)c1ccc([N+](=O)[O-])c(SCCS(N)(=O)=O)c1. The molecular weight excluding hydrogens is 294 g/mol. The van der Waals surface area contributed by atoms with Gasteiger partial charge in [0.1, 0.15) is 0 Å². The number of sulfonamides is 1. The lowest BCUT2D eigenvalue weighted by atomic mass is 10.2. The molecule has 0 spiro atoms. The maximum Gasteiger partial charge on any atom is 0.282 e. The van der Waals surface area contributed by atoms with Crippen LogP contribution in [0.2, 0.25) is 0 Å². The van der Waals surface area contributed by atoms with Crippen LogP contribution in [0.1, 0.15) is 10.4 Å². The number of nitro groups is 1. The second-order valence-electron chi connectivity index (χ2n) is 3.52. The summed E-state index contributed by atoms with van der Waals surface area (Å²) in [5, 5.41) is 15.6. The highest BCUT2D eigenvalue weighted by Crippen LogP contribution is 2.30. The molecule has 1 rings (SSSR count). The molecule has 0 bridgehead atoms. The molecule has 104 valence electrons. The number of hydrogen-bond donors (Lipinski definition) is 2. The Bertz CT molecular complexity index is 614. The van der Waals surface area contributed by atoms with Crippen LogP contribution in [0, 0.1) is 10.1 Å². The Hall–Kier alpha value is -1.65. The van der Waals surface area contributed by atoms with Gasteiger partial charge in [0.15, 0.2) is 0 Å². The summed E-state index contributed by atoms with van der Waals surface area (Å²) >= 11 is 0.925. The van der Waals surface area contributed by atoms with Crippen LogP contribution in [0.15, 0.2) is 23.1 Å². The van der Waals surface area contributed by atoms with E-state index in [1.54, 1.807) is 0 Å². The summed E-state index contributed by atoms with van der Waals surface area (Å²) in [6.07, 6.45) is 0.